The van der Waals surface area contributed by atoms with Crippen LogP contribution in [0.5, 0.6) is 0 Å². The molecule has 0 saturated carbocycles. The molecule has 0 fully saturated rings. The number of Topliss-reactive ketones (excluding diaryl/α,β-unsaturated/α-hetero) is 1. The van der Waals surface area contributed by atoms with Crippen LogP contribution in [0.2, 0.25) is 0 Å². The highest BCUT2D eigenvalue weighted by Crippen LogP contribution is 2.19. The summed E-state index contributed by atoms with van der Waals surface area (Å²) < 4.78 is 4.13. The molecule has 0 aromatic carbocycles. The molecule has 2 rings (SSSR count). The first kappa shape index (κ1) is 6.04. The van der Waals surface area contributed by atoms with Crippen LogP contribution in [0.25, 0.3) is 0 Å². The Balaban J connectivity index is 2.47. The van der Waals surface area contributed by atoms with Gasteiger partial charge in [-0.25, -0.2) is 0 Å². The Morgan fingerprint density at radius 1 is 1.50 bits per heavy atom. The number of aryl methyl sites for hydroxylation is 1. The average Bonchev–Trinajstić information content (AvgIpc) is 2.27. The molecule has 1 aliphatic rings. The highest BCUT2D eigenvalue weighted by Gasteiger charge is 2.14. The van der Waals surface area contributed by atoms with Gasteiger partial charge in [-0.15, -0.1) is 0 Å². The van der Waals surface area contributed by atoms with Crippen LogP contribution >= 0.6 is 11.5 Å². The molecule has 0 unspecified atom stereocenters. The van der Waals surface area contributed by atoms with Gasteiger partial charge in [0.1, 0.15) is 0 Å². The number of hydrogen-bond donors (Lipinski definition) is 0. The molecule has 1 aliphatic carbocycles. The number of hydrogen-bond acceptors (Lipinski definition) is 3. The Kier molecular flexibility index (Phi) is 1.31. The quantitative estimate of drug-likeness (QED) is 0.567. The monoisotopic (exact) mass is 153 g/mol. The van der Waals surface area contributed by atoms with E-state index in [-0.39, 0.29) is 5.78 Å². The maximum atomic E-state index is 11.1. The summed E-state index contributed by atoms with van der Waals surface area (Å²) in [7, 11) is 0. The summed E-state index contributed by atoms with van der Waals surface area (Å²) in [6, 6.07) is 1.92. The molecule has 0 N–H and O–H groups in total. The molecule has 2 nitrogen and oxygen atoms in total. The molecule has 1 aromatic rings. The molecule has 10 heavy (non-hydrogen) atoms. The van der Waals surface area contributed by atoms with E-state index in [1.54, 1.807) is 0 Å². The summed E-state index contributed by atoms with van der Waals surface area (Å²) in [6.07, 6.45) is 2.65. The lowest BCUT2D eigenvalue weighted by molar-refractivity contribution is 0.0985. The van der Waals surface area contributed by atoms with Crippen molar-refractivity contribution in [1.82, 2.24) is 4.37 Å². The molecule has 1 aromatic heterocycles. The molecule has 52 valence electrons. The average molecular weight is 153 g/mol. The SMILES string of the molecule is O=C1CCCc2cc1sn2. The van der Waals surface area contributed by atoms with Gasteiger partial charge in [-0.1, -0.05) is 0 Å². The fraction of sp³-hybridized carbons (Fsp3) is 0.429. The second-order valence-corrected chi connectivity index (χ2v) is 3.26. The van der Waals surface area contributed by atoms with Crippen LogP contribution in [0.1, 0.15) is 28.2 Å². The zero-order valence-corrected chi connectivity index (χ0v) is 6.28. The summed E-state index contributed by atoms with van der Waals surface area (Å²) in [5, 5.41) is 0. The zero-order chi connectivity index (χ0) is 6.97. The van der Waals surface area contributed by atoms with Gasteiger partial charge < -0.3 is 0 Å². The van der Waals surface area contributed by atoms with Gasteiger partial charge in [0.05, 0.1) is 10.6 Å². The predicted molar refractivity (Wildman–Crippen MR) is 39.4 cm³/mol. The first-order valence-electron chi connectivity index (χ1n) is 3.35. The van der Waals surface area contributed by atoms with Crippen molar-refractivity contribution in [3.05, 3.63) is 16.6 Å². The van der Waals surface area contributed by atoms with Crippen LogP contribution in [0, 0.1) is 0 Å². The van der Waals surface area contributed by atoms with E-state index in [4.69, 9.17) is 0 Å². The van der Waals surface area contributed by atoms with E-state index in [9.17, 15) is 4.79 Å². The number of ketones is 1. The fourth-order valence-electron chi connectivity index (χ4n) is 1.11. The van der Waals surface area contributed by atoms with Gasteiger partial charge in [0, 0.05) is 6.42 Å². The second kappa shape index (κ2) is 2.16. The third kappa shape index (κ3) is 0.865. The smallest absolute Gasteiger partial charge is 0.174 e. The van der Waals surface area contributed by atoms with Crippen molar-refractivity contribution in [2.24, 2.45) is 0 Å². The van der Waals surface area contributed by atoms with Crippen molar-refractivity contribution in [2.75, 3.05) is 0 Å². The molecule has 2 bridgehead atoms. The summed E-state index contributed by atoms with van der Waals surface area (Å²) in [6.45, 7) is 0. The highest BCUT2D eigenvalue weighted by atomic mass is 32.1. The predicted octanol–water partition coefficient (Wildman–Crippen LogP) is 1.66. The van der Waals surface area contributed by atoms with Crippen molar-refractivity contribution in [1.29, 1.82) is 0 Å². The molecule has 3 heteroatoms. The lowest BCUT2D eigenvalue weighted by Crippen LogP contribution is -1.94. The molecular weight excluding hydrogens is 146 g/mol. The number of carbonyl (C=O) groups excluding carboxylic acids is 1. The molecule has 0 aliphatic heterocycles. The van der Waals surface area contributed by atoms with Crippen molar-refractivity contribution < 1.29 is 4.79 Å². The van der Waals surface area contributed by atoms with Crippen LogP contribution in [-0.4, -0.2) is 10.2 Å². The summed E-state index contributed by atoms with van der Waals surface area (Å²) in [5.41, 5.74) is 1.09. The number of carbonyl (C=O) groups is 1. The third-order valence-corrected chi connectivity index (χ3v) is 2.54. The Morgan fingerprint density at radius 3 is 3.30 bits per heavy atom. The zero-order valence-electron chi connectivity index (χ0n) is 5.46. The minimum Gasteiger partial charge on any atom is -0.293 e. The van der Waals surface area contributed by atoms with Gasteiger partial charge in [0.2, 0.25) is 0 Å². The van der Waals surface area contributed by atoms with Crippen LogP contribution in [0.4, 0.5) is 0 Å². The van der Waals surface area contributed by atoms with Gasteiger partial charge in [-0.05, 0) is 30.4 Å². The Morgan fingerprint density at radius 2 is 2.40 bits per heavy atom. The number of rotatable bonds is 0. The first-order chi connectivity index (χ1) is 4.86. The molecule has 1 heterocycles. The van der Waals surface area contributed by atoms with E-state index in [1.165, 1.54) is 11.5 Å². The van der Waals surface area contributed by atoms with Gasteiger partial charge in [-0.3, -0.25) is 4.79 Å². The topological polar surface area (TPSA) is 30.0 Å². The lowest BCUT2D eigenvalue weighted by Gasteiger charge is -1.92. The maximum Gasteiger partial charge on any atom is 0.174 e. The summed E-state index contributed by atoms with van der Waals surface area (Å²) in [4.78, 5) is 11.9. The van der Waals surface area contributed by atoms with E-state index in [0.717, 1.165) is 23.4 Å². The molecule has 0 radical (unpaired) electrons. The number of nitrogens with zero attached hydrogens (tertiary/aromatic N) is 1. The standard InChI is InChI=1S/C7H7NOS/c9-6-3-1-2-5-4-7(6)10-8-5/h4H,1-3H2. The minimum absolute atomic E-state index is 0.265. The third-order valence-electron chi connectivity index (χ3n) is 1.67. The number of fused-ring (bicyclic) bond motifs is 2. The summed E-state index contributed by atoms with van der Waals surface area (Å²) >= 11 is 1.33. The fourth-order valence-corrected chi connectivity index (χ4v) is 1.87. The van der Waals surface area contributed by atoms with Gasteiger partial charge in [-0.2, -0.15) is 4.37 Å². The van der Waals surface area contributed by atoms with E-state index in [1.807, 2.05) is 6.07 Å². The van der Waals surface area contributed by atoms with Crippen molar-refractivity contribution >= 4 is 17.3 Å². The second-order valence-electron chi connectivity index (χ2n) is 2.46. The Hall–Kier alpha value is -0.700. The van der Waals surface area contributed by atoms with Gasteiger partial charge in [0.15, 0.2) is 5.78 Å². The largest absolute Gasteiger partial charge is 0.293 e. The first-order valence-corrected chi connectivity index (χ1v) is 4.12. The maximum absolute atomic E-state index is 11.1. The molecule has 0 atom stereocenters. The molecule has 0 spiro atoms. The molecular formula is C7H7NOS. The van der Waals surface area contributed by atoms with Gasteiger partial charge >= 0.3 is 0 Å². The normalized spacial score (nSPS) is 17.0. The molecule has 0 saturated heterocycles. The summed E-state index contributed by atoms with van der Waals surface area (Å²) in [5.74, 6) is 0.265. The highest BCUT2D eigenvalue weighted by molar-refractivity contribution is 7.08. The van der Waals surface area contributed by atoms with Crippen molar-refractivity contribution in [2.45, 2.75) is 19.3 Å². The van der Waals surface area contributed by atoms with Crippen molar-refractivity contribution in [3.8, 4) is 0 Å². The Bertz CT molecular complexity index is 266. The van der Waals surface area contributed by atoms with E-state index >= 15 is 0 Å². The Labute approximate surface area is 63.0 Å². The molecule has 0 amide bonds. The van der Waals surface area contributed by atoms with E-state index in [0.29, 0.717) is 6.42 Å². The van der Waals surface area contributed by atoms with Crippen LogP contribution in [0.15, 0.2) is 6.07 Å². The van der Waals surface area contributed by atoms with Crippen LogP contribution < -0.4 is 0 Å². The number of aromatic nitrogens is 1. The lowest BCUT2D eigenvalue weighted by atomic mass is 10.2. The van der Waals surface area contributed by atoms with E-state index < -0.39 is 0 Å². The van der Waals surface area contributed by atoms with Crippen LogP contribution in [-0.2, 0) is 6.42 Å². The van der Waals surface area contributed by atoms with Crippen molar-refractivity contribution in [3.63, 3.8) is 0 Å². The van der Waals surface area contributed by atoms with Crippen LogP contribution in [0.3, 0.4) is 0 Å². The van der Waals surface area contributed by atoms with Gasteiger partial charge in [0.25, 0.3) is 0 Å². The van der Waals surface area contributed by atoms with E-state index in [2.05, 4.69) is 4.37 Å². The minimum atomic E-state index is 0.265.